The molecule has 0 bridgehead atoms. The van der Waals surface area contributed by atoms with Gasteiger partial charge >= 0.3 is 0 Å². The molecule has 0 aromatic heterocycles. The predicted octanol–water partition coefficient (Wildman–Crippen LogP) is 10.4. The first-order valence-corrected chi connectivity index (χ1v) is 12.7. The van der Waals surface area contributed by atoms with E-state index < -0.39 is 0 Å². The molecule has 0 aromatic rings. The molecule has 0 unspecified atom stereocenters. The topological polar surface area (TPSA) is 0 Å². The summed E-state index contributed by atoms with van der Waals surface area (Å²) >= 11 is 0. The van der Waals surface area contributed by atoms with E-state index in [-0.39, 0.29) is 0 Å². The van der Waals surface area contributed by atoms with Gasteiger partial charge in [0.2, 0.25) is 0 Å². The quantitative estimate of drug-likeness (QED) is 0.133. The maximum Gasteiger partial charge on any atom is -0.0348 e. The number of hydrogen-bond donors (Lipinski definition) is 0. The van der Waals surface area contributed by atoms with Crippen molar-refractivity contribution >= 4 is 0 Å². The average Bonchev–Trinajstić information content (AvgIpc) is 2.74. The minimum atomic E-state index is 1.20. The second-order valence-electron chi connectivity index (χ2n) is 8.14. The molecule has 0 N–H and O–H groups in total. The first kappa shape index (κ1) is 27.7. The van der Waals surface area contributed by atoms with E-state index in [1.165, 1.54) is 109 Å². The highest BCUT2D eigenvalue weighted by Crippen LogP contribution is 2.09. The Morgan fingerprint density at radius 3 is 1.03 bits per heavy atom. The zero-order chi connectivity index (χ0) is 21.1. The fraction of sp³-hybridized carbons (Fsp3) is 0.655. The number of allylic oxidation sites excluding steroid dienone is 10. The van der Waals surface area contributed by atoms with E-state index in [1.54, 1.807) is 0 Å². The van der Waals surface area contributed by atoms with Crippen LogP contribution in [-0.4, -0.2) is 0 Å². The number of rotatable bonds is 21. The molecule has 0 aliphatic carbocycles. The van der Waals surface area contributed by atoms with Gasteiger partial charge in [0, 0.05) is 0 Å². The van der Waals surface area contributed by atoms with Gasteiger partial charge in [-0.25, -0.2) is 0 Å². The van der Waals surface area contributed by atoms with Crippen LogP contribution in [-0.2, 0) is 0 Å². The molecule has 0 radical (unpaired) electrons. The van der Waals surface area contributed by atoms with Crippen molar-refractivity contribution in [3.63, 3.8) is 0 Å². The molecule has 0 heterocycles. The average molecular weight is 399 g/mol. The number of unbranched alkanes of at least 4 members (excludes halogenated alkanes) is 14. The molecule has 0 aromatic carbocycles. The van der Waals surface area contributed by atoms with Crippen molar-refractivity contribution < 1.29 is 0 Å². The molecule has 0 aliphatic heterocycles. The second kappa shape index (κ2) is 26.7. The number of hydrogen-bond acceptors (Lipinski definition) is 0. The van der Waals surface area contributed by atoms with E-state index in [2.05, 4.69) is 74.6 Å². The molecule has 0 atom stereocenters. The third kappa shape index (κ3) is 26.7. The van der Waals surface area contributed by atoms with Crippen LogP contribution in [0, 0.1) is 0 Å². The van der Waals surface area contributed by atoms with Crippen LogP contribution < -0.4 is 0 Å². The summed E-state index contributed by atoms with van der Waals surface area (Å²) in [5.41, 5.74) is 0. The van der Waals surface area contributed by atoms with Crippen molar-refractivity contribution in [2.45, 2.75) is 123 Å². The summed E-state index contributed by atoms with van der Waals surface area (Å²) in [4.78, 5) is 0. The lowest BCUT2D eigenvalue weighted by atomic mass is 10.1. The van der Waals surface area contributed by atoms with Crippen molar-refractivity contribution in [3.05, 3.63) is 60.8 Å². The Balaban J connectivity index is 3.34. The molecule has 0 saturated carbocycles. The van der Waals surface area contributed by atoms with Crippen LogP contribution in [0.5, 0.6) is 0 Å². The van der Waals surface area contributed by atoms with Gasteiger partial charge in [0.1, 0.15) is 0 Å². The van der Waals surface area contributed by atoms with E-state index in [4.69, 9.17) is 0 Å². The summed E-state index contributed by atoms with van der Waals surface area (Å²) in [7, 11) is 0. The van der Waals surface area contributed by atoms with Gasteiger partial charge in [-0.15, -0.1) is 0 Å². The Kier molecular flexibility index (Phi) is 25.5. The SMILES string of the molecule is CCCCCC=CC=CC=CCCCCCC=CC=CCCCCCCCCC. The molecular formula is C29H50. The summed E-state index contributed by atoms with van der Waals surface area (Å²) in [6.45, 7) is 4.53. The lowest BCUT2D eigenvalue weighted by Crippen LogP contribution is -1.78. The molecule has 29 heavy (non-hydrogen) atoms. The molecule has 0 rings (SSSR count). The highest BCUT2D eigenvalue weighted by molar-refractivity contribution is 5.11. The highest BCUT2D eigenvalue weighted by Gasteiger charge is 1.89. The van der Waals surface area contributed by atoms with Gasteiger partial charge in [-0.05, 0) is 51.4 Å². The summed E-state index contributed by atoms with van der Waals surface area (Å²) in [5.74, 6) is 0. The minimum Gasteiger partial charge on any atom is -0.0845 e. The van der Waals surface area contributed by atoms with Crippen molar-refractivity contribution in [1.29, 1.82) is 0 Å². The Morgan fingerprint density at radius 1 is 0.310 bits per heavy atom. The minimum absolute atomic E-state index is 1.20. The molecule has 0 saturated heterocycles. The molecule has 0 nitrogen and oxygen atoms in total. The second-order valence-corrected chi connectivity index (χ2v) is 8.14. The standard InChI is InChI=1S/C29H50/c1-3-5-7-9-11-13-15-17-19-21-23-25-27-29-28-26-24-22-20-18-16-14-12-10-8-6-4-2/h11,13,15,17,19-22,24,26H,3-10,12,14,16,18,23,25,27-29H2,1-2H3. The van der Waals surface area contributed by atoms with Gasteiger partial charge < -0.3 is 0 Å². The van der Waals surface area contributed by atoms with Gasteiger partial charge in [-0.2, -0.15) is 0 Å². The largest absolute Gasteiger partial charge is 0.0845 e. The monoisotopic (exact) mass is 398 g/mol. The van der Waals surface area contributed by atoms with Crippen molar-refractivity contribution in [2.24, 2.45) is 0 Å². The Labute approximate surface area is 184 Å². The van der Waals surface area contributed by atoms with E-state index in [0.29, 0.717) is 0 Å². The molecule has 166 valence electrons. The van der Waals surface area contributed by atoms with Crippen LogP contribution in [0.2, 0.25) is 0 Å². The zero-order valence-corrected chi connectivity index (χ0v) is 19.8. The van der Waals surface area contributed by atoms with E-state index in [0.717, 1.165) is 0 Å². The lowest BCUT2D eigenvalue weighted by Gasteiger charge is -1.98. The lowest BCUT2D eigenvalue weighted by molar-refractivity contribution is 0.592. The molecule has 0 aliphatic rings. The fourth-order valence-corrected chi connectivity index (χ4v) is 3.26. The van der Waals surface area contributed by atoms with Crippen molar-refractivity contribution in [3.8, 4) is 0 Å². The predicted molar refractivity (Wildman–Crippen MR) is 136 cm³/mol. The Bertz CT molecular complexity index is 433. The molecule has 0 fully saturated rings. The van der Waals surface area contributed by atoms with Crippen LogP contribution in [0.25, 0.3) is 0 Å². The van der Waals surface area contributed by atoms with Crippen LogP contribution in [0.4, 0.5) is 0 Å². The Morgan fingerprint density at radius 2 is 0.586 bits per heavy atom. The smallest absolute Gasteiger partial charge is 0.0348 e. The highest BCUT2D eigenvalue weighted by atomic mass is 14.0. The summed E-state index contributed by atoms with van der Waals surface area (Å²) in [5, 5.41) is 0. The maximum atomic E-state index is 2.33. The first-order chi connectivity index (χ1) is 14.4. The summed E-state index contributed by atoms with van der Waals surface area (Å²) in [6.07, 6.45) is 45.0. The molecule has 0 spiro atoms. The van der Waals surface area contributed by atoms with Crippen LogP contribution in [0.3, 0.4) is 0 Å². The van der Waals surface area contributed by atoms with E-state index >= 15 is 0 Å². The van der Waals surface area contributed by atoms with Gasteiger partial charge in [0.25, 0.3) is 0 Å². The van der Waals surface area contributed by atoms with Gasteiger partial charge in [-0.3, -0.25) is 0 Å². The third-order valence-electron chi connectivity index (χ3n) is 5.18. The van der Waals surface area contributed by atoms with E-state index in [9.17, 15) is 0 Å². The first-order valence-electron chi connectivity index (χ1n) is 12.7. The van der Waals surface area contributed by atoms with Gasteiger partial charge in [0.05, 0.1) is 0 Å². The Hall–Kier alpha value is -1.30. The third-order valence-corrected chi connectivity index (χ3v) is 5.18. The van der Waals surface area contributed by atoms with Crippen LogP contribution in [0.15, 0.2) is 60.8 Å². The summed E-state index contributed by atoms with van der Waals surface area (Å²) in [6, 6.07) is 0. The maximum absolute atomic E-state index is 2.33. The van der Waals surface area contributed by atoms with Crippen LogP contribution >= 0.6 is 0 Å². The van der Waals surface area contributed by atoms with Crippen molar-refractivity contribution in [1.82, 2.24) is 0 Å². The zero-order valence-electron chi connectivity index (χ0n) is 19.8. The normalized spacial score (nSPS) is 12.8. The molecule has 0 heteroatoms. The molecule has 0 amide bonds. The fourth-order valence-electron chi connectivity index (χ4n) is 3.26. The van der Waals surface area contributed by atoms with Crippen LogP contribution in [0.1, 0.15) is 123 Å². The van der Waals surface area contributed by atoms with Crippen molar-refractivity contribution in [2.75, 3.05) is 0 Å². The van der Waals surface area contributed by atoms with Gasteiger partial charge in [0.15, 0.2) is 0 Å². The summed E-state index contributed by atoms with van der Waals surface area (Å²) < 4.78 is 0. The van der Waals surface area contributed by atoms with Gasteiger partial charge in [-0.1, -0.05) is 132 Å². The van der Waals surface area contributed by atoms with E-state index in [1.807, 2.05) is 0 Å². The molecular weight excluding hydrogens is 348 g/mol.